The van der Waals surface area contributed by atoms with E-state index >= 15 is 0 Å². The maximum Gasteiger partial charge on any atom is 0.227 e. The first-order valence-electron chi connectivity index (χ1n) is 9.84. The van der Waals surface area contributed by atoms with E-state index in [9.17, 15) is 14.0 Å². The van der Waals surface area contributed by atoms with E-state index in [0.717, 1.165) is 0 Å². The predicted octanol–water partition coefficient (Wildman–Crippen LogP) is 2.49. The Kier molecular flexibility index (Phi) is 5.74. The summed E-state index contributed by atoms with van der Waals surface area (Å²) in [6.07, 6.45) is 0.163. The number of nitrogens with zero attached hydrogens (tertiary/aromatic N) is 2. The molecule has 4 rings (SSSR count). The standard InChI is InChI=1S/C22H23FN2O5/c1-24(8-9-28-18-5-2-16(23)3-6-18)22(27)15-12-21(26)25(14-15)17-4-7-19-20(13-17)30-11-10-29-19/h2-7,13,15H,8-12,14H2,1H3/t15-/m0/s1. The van der Waals surface area contributed by atoms with Crippen LogP contribution in [0.15, 0.2) is 42.5 Å². The molecule has 0 N–H and O–H groups in total. The molecule has 2 aliphatic rings. The number of benzene rings is 2. The highest BCUT2D eigenvalue weighted by Crippen LogP contribution is 2.36. The van der Waals surface area contributed by atoms with Gasteiger partial charge in [0.25, 0.3) is 0 Å². The zero-order chi connectivity index (χ0) is 21.1. The highest BCUT2D eigenvalue weighted by molar-refractivity contribution is 6.00. The molecular formula is C22H23FN2O5. The number of anilines is 1. The molecule has 1 saturated heterocycles. The lowest BCUT2D eigenvalue weighted by atomic mass is 10.1. The molecule has 0 unspecified atom stereocenters. The van der Waals surface area contributed by atoms with Gasteiger partial charge in [-0.25, -0.2) is 4.39 Å². The van der Waals surface area contributed by atoms with E-state index in [1.165, 1.54) is 24.3 Å². The third kappa shape index (κ3) is 4.32. The third-order valence-electron chi connectivity index (χ3n) is 5.20. The maximum absolute atomic E-state index is 12.9. The third-order valence-corrected chi connectivity index (χ3v) is 5.20. The number of likely N-dealkylation sites (N-methyl/N-ethyl adjacent to an activating group) is 1. The Morgan fingerprint density at radius 2 is 1.90 bits per heavy atom. The maximum atomic E-state index is 12.9. The second-order valence-electron chi connectivity index (χ2n) is 7.30. The van der Waals surface area contributed by atoms with Crippen LogP contribution in [0.1, 0.15) is 6.42 Å². The van der Waals surface area contributed by atoms with Crippen molar-refractivity contribution in [2.24, 2.45) is 5.92 Å². The topological polar surface area (TPSA) is 68.3 Å². The van der Waals surface area contributed by atoms with Crippen LogP contribution in [0.2, 0.25) is 0 Å². The molecule has 2 amide bonds. The number of hydrogen-bond acceptors (Lipinski definition) is 5. The normalized spacial score (nSPS) is 17.7. The van der Waals surface area contributed by atoms with E-state index in [-0.39, 0.29) is 30.7 Å². The SMILES string of the molecule is CN(CCOc1ccc(F)cc1)C(=O)[C@H]1CC(=O)N(c2ccc3c(c2)OCCO3)C1. The van der Waals surface area contributed by atoms with Gasteiger partial charge >= 0.3 is 0 Å². The number of rotatable bonds is 6. The molecule has 2 aromatic rings. The summed E-state index contributed by atoms with van der Waals surface area (Å²) in [5.41, 5.74) is 0.696. The van der Waals surface area contributed by atoms with Crippen LogP contribution in [0.3, 0.4) is 0 Å². The van der Waals surface area contributed by atoms with Crippen LogP contribution < -0.4 is 19.1 Å². The minimum atomic E-state index is -0.415. The monoisotopic (exact) mass is 414 g/mol. The fraction of sp³-hybridized carbons (Fsp3) is 0.364. The summed E-state index contributed by atoms with van der Waals surface area (Å²) in [7, 11) is 1.69. The summed E-state index contributed by atoms with van der Waals surface area (Å²) in [4.78, 5) is 28.5. The van der Waals surface area contributed by atoms with Crippen LogP contribution >= 0.6 is 0 Å². The first kappa shape index (κ1) is 20.0. The number of halogens is 1. The molecule has 2 heterocycles. The van der Waals surface area contributed by atoms with Crippen molar-refractivity contribution in [2.75, 3.05) is 44.9 Å². The number of carbonyl (C=O) groups excluding carboxylic acids is 2. The molecule has 1 fully saturated rings. The van der Waals surface area contributed by atoms with Crippen LogP contribution in [-0.4, -0.2) is 56.7 Å². The molecule has 0 radical (unpaired) electrons. The molecule has 1 atom stereocenters. The molecule has 158 valence electrons. The Balaban J connectivity index is 1.32. The van der Waals surface area contributed by atoms with Gasteiger partial charge in [-0.2, -0.15) is 0 Å². The van der Waals surface area contributed by atoms with Crippen LogP contribution in [0.4, 0.5) is 10.1 Å². The van der Waals surface area contributed by atoms with Crippen molar-refractivity contribution in [3.8, 4) is 17.2 Å². The van der Waals surface area contributed by atoms with Crippen molar-refractivity contribution in [2.45, 2.75) is 6.42 Å². The van der Waals surface area contributed by atoms with Crippen LogP contribution in [0, 0.1) is 11.7 Å². The molecule has 8 heteroatoms. The van der Waals surface area contributed by atoms with Crippen LogP contribution in [0.5, 0.6) is 17.2 Å². The van der Waals surface area contributed by atoms with E-state index in [0.29, 0.717) is 49.2 Å². The molecule has 7 nitrogen and oxygen atoms in total. The molecule has 2 aromatic carbocycles. The molecular weight excluding hydrogens is 391 g/mol. The number of amides is 2. The number of carbonyl (C=O) groups is 2. The molecule has 0 bridgehead atoms. The highest BCUT2D eigenvalue weighted by atomic mass is 19.1. The Hall–Kier alpha value is -3.29. The van der Waals surface area contributed by atoms with Crippen LogP contribution in [0.25, 0.3) is 0 Å². The lowest BCUT2D eigenvalue weighted by Crippen LogP contribution is -2.37. The van der Waals surface area contributed by atoms with Gasteiger partial charge in [0.2, 0.25) is 11.8 Å². The Morgan fingerprint density at radius 1 is 1.17 bits per heavy atom. The zero-order valence-electron chi connectivity index (χ0n) is 16.7. The Bertz CT molecular complexity index is 934. The highest BCUT2D eigenvalue weighted by Gasteiger charge is 2.36. The fourth-order valence-corrected chi connectivity index (χ4v) is 3.58. The first-order valence-corrected chi connectivity index (χ1v) is 9.84. The molecule has 0 aromatic heterocycles. The van der Waals surface area contributed by atoms with Gasteiger partial charge in [-0.15, -0.1) is 0 Å². The van der Waals surface area contributed by atoms with E-state index in [4.69, 9.17) is 14.2 Å². The van der Waals surface area contributed by atoms with Crippen molar-refractivity contribution in [3.63, 3.8) is 0 Å². The predicted molar refractivity (Wildman–Crippen MR) is 107 cm³/mol. The van der Waals surface area contributed by atoms with Crippen molar-refractivity contribution >= 4 is 17.5 Å². The lowest BCUT2D eigenvalue weighted by Gasteiger charge is -2.23. The lowest BCUT2D eigenvalue weighted by molar-refractivity contribution is -0.134. The summed E-state index contributed by atoms with van der Waals surface area (Å²) >= 11 is 0. The smallest absolute Gasteiger partial charge is 0.227 e. The largest absolute Gasteiger partial charge is 0.492 e. The van der Waals surface area contributed by atoms with E-state index in [1.54, 1.807) is 35.0 Å². The van der Waals surface area contributed by atoms with Crippen molar-refractivity contribution in [3.05, 3.63) is 48.3 Å². The summed E-state index contributed by atoms with van der Waals surface area (Å²) in [6, 6.07) is 11.1. The number of hydrogen-bond donors (Lipinski definition) is 0. The summed E-state index contributed by atoms with van der Waals surface area (Å²) < 4.78 is 29.6. The van der Waals surface area contributed by atoms with Gasteiger partial charge in [0.05, 0.1) is 12.5 Å². The molecule has 2 aliphatic heterocycles. The van der Waals surface area contributed by atoms with E-state index < -0.39 is 5.92 Å². The molecule has 0 aliphatic carbocycles. The molecule has 0 spiro atoms. The van der Waals surface area contributed by atoms with Gasteiger partial charge in [-0.05, 0) is 36.4 Å². The minimum Gasteiger partial charge on any atom is -0.492 e. The second kappa shape index (κ2) is 8.61. The van der Waals surface area contributed by atoms with Crippen molar-refractivity contribution < 1.29 is 28.2 Å². The van der Waals surface area contributed by atoms with Gasteiger partial charge in [0, 0.05) is 31.8 Å². The Labute approximate surface area is 173 Å². The quantitative estimate of drug-likeness (QED) is 0.727. The number of ether oxygens (including phenoxy) is 3. The van der Waals surface area contributed by atoms with Gasteiger partial charge < -0.3 is 24.0 Å². The van der Waals surface area contributed by atoms with Gasteiger partial charge in [0.15, 0.2) is 11.5 Å². The van der Waals surface area contributed by atoms with Gasteiger partial charge in [0.1, 0.15) is 31.4 Å². The number of fused-ring (bicyclic) bond motifs is 1. The summed E-state index contributed by atoms with van der Waals surface area (Å²) in [6.45, 7) is 1.94. The van der Waals surface area contributed by atoms with E-state index in [1.807, 2.05) is 0 Å². The van der Waals surface area contributed by atoms with Crippen LogP contribution in [-0.2, 0) is 9.59 Å². The summed E-state index contributed by atoms with van der Waals surface area (Å²) in [5.74, 6) is 0.858. The molecule has 0 saturated carbocycles. The fourth-order valence-electron chi connectivity index (χ4n) is 3.58. The van der Waals surface area contributed by atoms with Gasteiger partial charge in [-0.1, -0.05) is 0 Å². The Morgan fingerprint density at radius 3 is 2.67 bits per heavy atom. The van der Waals surface area contributed by atoms with E-state index in [2.05, 4.69) is 0 Å². The van der Waals surface area contributed by atoms with Crippen molar-refractivity contribution in [1.29, 1.82) is 0 Å². The van der Waals surface area contributed by atoms with Crippen molar-refractivity contribution in [1.82, 2.24) is 4.90 Å². The average molecular weight is 414 g/mol. The average Bonchev–Trinajstić information content (AvgIpc) is 3.15. The summed E-state index contributed by atoms with van der Waals surface area (Å²) in [5, 5.41) is 0. The minimum absolute atomic E-state index is 0.0963. The van der Waals surface area contributed by atoms with Gasteiger partial charge in [-0.3, -0.25) is 9.59 Å². The molecule has 30 heavy (non-hydrogen) atoms. The first-order chi connectivity index (χ1) is 14.5. The zero-order valence-corrected chi connectivity index (χ0v) is 16.7. The second-order valence-corrected chi connectivity index (χ2v) is 7.30.